The van der Waals surface area contributed by atoms with Crippen molar-refractivity contribution in [2.24, 2.45) is 0 Å². The molecular weight excluding hydrogens is 288 g/mol. The van der Waals surface area contributed by atoms with Crippen LogP contribution in [0.4, 0.5) is 14.5 Å². The van der Waals surface area contributed by atoms with E-state index in [1.807, 2.05) is 0 Å². The fourth-order valence-corrected chi connectivity index (χ4v) is 1.60. The van der Waals surface area contributed by atoms with Crippen molar-refractivity contribution in [2.75, 3.05) is 0 Å². The molecular formula is C12H7F2N3O4. The largest absolute Gasteiger partial charge is 0.348 e. The molecule has 0 atom stereocenters. The fraction of sp³-hybridized carbons (Fsp3) is 0.0833. The van der Waals surface area contributed by atoms with Crippen molar-refractivity contribution in [3.05, 3.63) is 68.4 Å². The second kappa shape index (κ2) is 5.57. The SMILES string of the molecule is O=C(Cn1cc([N+](=O)[O-])cnc1=O)c1cc(F)ccc1F. The summed E-state index contributed by atoms with van der Waals surface area (Å²) >= 11 is 0. The van der Waals surface area contributed by atoms with Crippen molar-refractivity contribution < 1.29 is 18.5 Å². The first-order valence-corrected chi connectivity index (χ1v) is 5.57. The maximum absolute atomic E-state index is 13.4. The van der Waals surface area contributed by atoms with Crippen LogP contribution in [0.5, 0.6) is 0 Å². The van der Waals surface area contributed by atoms with E-state index in [1.54, 1.807) is 0 Å². The van der Waals surface area contributed by atoms with Gasteiger partial charge in [0.15, 0.2) is 5.78 Å². The zero-order valence-corrected chi connectivity index (χ0v) is 10.3. The maximum Gasteiger partial charge on any atom is 0.348 e. The van der Waals surface area contributed by atoms with Crippen LogP contribution >= 0.6 is 0 Å². The van der Waals surface area contributed by atoms with Crippen LogP contribution in [-0.4, -0.2) is 20.3 Å². The molecule has 0 N–H and O–H groups in total. The summed E-state index contributed by atoms with van der Waals surface area (Å²) in [5.41, 5.74) is -1.96. The van der Waals surface area contributed by atoms with Crippen molar-refractivity contribution in [1.82, 2.24) is 9.55 Å². The van der Waals surface area contributed by atoms with E-state index in [2.05, 4.69) is 4.98 Å². The summed E-state index contributed by atoms with van der Waals surface area (Å²) in [5.74, 6) is -2.67. The smallest absolute Gasteiger partial charge is 0.292 e. The molecule has 1 aromatic heterocycles. The molecule has 0 aliphatic rings. The molecule has 1 heterocycles. The highest BCUT2D eigenvalue weighted by Gasteiger charge is 2.16. The van der Waals surface area contributed by atoms with Gasteiger partial charge in [-0.3, -0.25) is 19.5 Å². The Hall–Kier alpha value is -2.97. The minimum absolute atomic E-state index is 0.498. The van der Waals surface area contributed by atoms with Gasteiger partial charge in [-0.05, 0) is 18.2 Å². The standard InChI is InChI=1S/C12H7F2N3O4/c13-7-1-2-10(14)9(3-7)11(18)6-16-5-8(17(20)21)4-15-12(16)19/h1-5H,6H2. The zero-order chi connectivity index (χ0) is 15.6. The zero-order valence-electron chi connectivity index (χ0n) is 10.3. The molecule has 9 heteroatoms. The fourth-order valence-electron chi connectivity index (χ4n) is 1.60. The molecule has 108 valence electrons. The summed E-state index contributed by atoms with van der Waals surface area (Å²) < 4.78 is 27.1. The Labute approximate surface area is 115 Å². The number of carbonyl (C=O) groups is 1. The third-order valence-corrected chi connectivity index (χ3v) is 2.59. The van der Waals surface area contributed by atoms with Gasteiger partial charge in [-0.25, -0.2) is 13.6 Å². The first-order valence-electron chi connectivity index (χ1n) is 5.57. The second-order valence-corrected chi connectivity index (χ2v) is 4.03. The average molecular weight is 295 g/mol. The molecule has 0 aliphatic carbocycles. The lowest BCUT2D eigenvalue weighted by Crippen LogP contribution is -2.26. The van der Waals surface area contributed by atoms with Crippen molar-refractivity contribution in [1.29, 1.82) is 0 Å². The first kappa shape index (κ1) is 14.4. The van der Waals surface area contributed by atoms with E-state index in [-0.39, 0.29) is 0 Å². The van der Waals surface area contributed by atoms with Gasteiger partial charge in [0.1, 0.15) is 17.8 Å². The van der Waals surface area contributed by atoms with Crippen LogP contribution in [0.15, 0.2) is 35.4 Å². The molecule has 0 saturated carbocycles. The second-order valence-electron chi connectivity index (χ2n) is 4.03. The van der Waals surface area contributed by atoms with E-state index in [0.717, 1.165) is 24.5 Å². The molecule has 0 aliphatic heterocycles. The Kier molecular flexibility index (Phi) is 3.83. The van der Waals surface area contributed by atoms with Gasteiger partial charge in [0, 0.05) is 0 Å². The highest BCUT2D eigenvalue weighted by molar-refractivity contribution is 5.96. The number of aromatic nitrogens is 2. The van der Waals surface area contributed by atoms with Crippen LogP contribution in [0.1, 0.15) is 10.4 Å². The van der Waals surface area contributed by atoms with Gasteiger partial charge >= 0.3 is 11.4 Å². The monoisotopic (exact) mass is 295 g/mol. The van der Waals surface area contributed by atoms with Crippen LogP contribution in [0, 0.1) is 21.7 Å². The van der Waals surface area contributed by atoms with Gasteiger partial charge in [0.25, 0.3) is 0 Å². The van der Waals surface area contributed by atoms with Gasteiger partial charge in [-0.15, -0.1) is 0 Å². The number of benzene rings is 1. The Morgan fingerprint density at radius 1 is 1.38 bits per heavy atom. The van der Waals surface area contributed by atoms with Gasteiger partial charge in [-0.2, -0.15) is 4.98 Å². The third kappa shape index (κ3) is 3.14. The quantitative estimate of drug-likeness (QED) is 0.481. The predicted molar refractivity (Wildman–Crippen MR) is 65.8 cm³/mol. The lowest BCUT2D eigenvalue weighted by Gasteiger charge is -2.05. The number of hydrogen-bond acceptors (Lipinski definition) is 5. The number of rotatable bonds is 4. The molecule has 2 aromatic rings. The lowest BCUT2D eigenvalue weighted by molar-refractivity contribution is -0.385. The minimum atomic E-state index is -0.951. The minimum Gasteiger partial charge on any atom is -0.292 e. The summed E-state index contributed by atoms with van der Waals surface area (Å²) in [6, 6.07) is 2.30. The normalized spacial score (nSPS) is 10.4. The van der Waals surface area contributed by atoms with E-state index in [1.165, 1.54) is 0 Å². The van der Waals surface area contributed by atoms with Crippen LogP contribution in [-0.2, 0) is 6.54 Å². The van der Waals surface area contributed by atoms with Crippen molar-refractivity contribution >= 4 is 11.5 Å². The molecule has 0 saturated heterocycles. The number of nitrogens with zero attached hydrogens (tertiary/aromatic N) is 3. The van der Waals surface area contributed by atoms with Gasteiger partial charge in [0.2, 0.25) is 0 Å². The molecule has 21 heavy (non-hydrogen) atoms. The van der Waals surface area contributed by atoms with E-state index >= 15 is 0 Å². The van der Waals surface area contributed by atoms with Crippen molar-refractivity contribution in [3.8, 4) is 0 Å². The molecule has 0 unspecified atom stereocenters. The summed E-state index contributed by atoms with van der Waals surface area (Å²) in [6.07, 6.45) is 1.55. The number of ketones is 1. The van der Waals surface area contributed by atoms with Crippen molar-refractivity contribution in [2.45, 2.75) is 6.54 Å². The van der Waals surface area contributed by atoms with Crippen LogP contribution in [0.25, 0.3) is 0 Å². The van der Waals surface area contributed by atoms with E-state index in [9.17, 15) is 28.5 Å². The number of carbonyl (C=O) groups excluding carboxylic acids is 1. The Morgan fingerprint density at radius 2 is 2.10 bits per heavy atom. The first-order chi connectivity index (χ1) is 9.88. The molecule has 0 fully saturated rings. The molecule has 0 spiro atoms. The molecule has 0 radical (unpaired) electrons. The molecule has 0 amide bonds. The van der Waals surface area contributed by atoms with Crippen molar-refractivity contribution in [3.63, 3.8) is 0 Å². The number of nitro groups is 1. The Bertz CT molecular complexity index is 788. The lowest BCUT2D eigenvalue weighted by atomic mass is 10.1. The third-order valence-electron chi connectivity index (χ3n) is 2.59. The highest BCUT2D eigenvalue weighted by atomic mass is 19.1. The van der Waals surface area contributed by atoms with Crippen LogP contribution in [0.2, 0.25) is 0 Å². The molecule has 1 aromatic carbocycles. The molecule has 0 bridgehead atoms. The van der Waals surface area contributed by atoms with E-state index < -0.39 is 45.8 Å². The van der Waals surface area contributed by atoms with Gasteiger partial charge in [-0.1, -0.05) is 0 Å². The molecule has 7 nitrogen and oxygen atoms in total. The average Bonchev–Trinajstić information content (AvgIpc) is 2.43. The summed E-state index contributed by atoms with van der Waals surface area (Å²) in [6.45, 7) is -0.687. The predicted octanol–water partition coefficient (Wildman–Crippen LogP) is 1.31. The Balaban J connectivity index is 2.35. The maximum atomic E-state index is 13.4. The Morgan fingerprint density at radius 3 is 2.76 bits per heavy atom. The number of halogens is 2. The van der Waals surface area contributed by atoms with Crippen LogP contribution < -0.4 is 5.69 Å². The summed E-state index contributed by atoms with van der Waals surface area (Å²) in [7, 11) is 0. The highest BCUT2D eigenvalue weighted by Crippen LogP contribution is 2.12. The van der Waals surface area contributed by atoms with Crippen LogP contribution in [0.3, 0.4) is 0 Å². The van der Waals surface area contributed by atoms with E-state index in [0.29, 0.717) is 10.6 Å². The van der Waals surface area contributed by atoms with E-state index in [4.69, 9.17) is 0 Å². The summed E-state index contributed by atoms with van der Waals surface area (Å²) in [4.78, 5) is 36.3. The van der Waals surface area contributed by atoms with Gasteiger partial charge in [0.05, 0.1) is 23.2 Å². The molecule has 2 rings (SSSR count). The summed E-state index contributed by atoms with van der Waals surface area (Å²) in [5, 5.41) is 10.6. The number of hydrogen-bond donors (Lipinski definition) is 0. The van der Waals surface area contributed by atoms with Gasteiger partial charge < -0.3 is 0 Å². The number of Topliss-reactive ketones (excluding diaryl/α,β-unsaturated/α-hetero) is 1. The topological polar surface area (TPSA) is 95.1 Å².